The van der Waals surface area contributed by atoms with Crippen LogP contribution in [0.3, 0.4) is 0 Å². The van der Waals surface area contributed by atoms with Gasteiger partial charge in [0.15, 0.2) is 0 Å². The van der Waals surface area contributed by atoms with Crippen LogP contribution in [-0.2, 0) is 20.2 Å². The monoisotopic (exact) mass is 516 g/mol. The van der Waals surface area contributed by atoms with E-state index in [1.54, 1.807) is 12.1 Å². The molecule has 0 fully saturated rings. The van der Waals surface area contributed by atoms with Gasteiger partial charge >= 0.3 is 176 Å². The number of phenols is 1. The fraction of sp³-hybridized carbons (Fsp3) is 0. The van der Waals surface area contributed by atoms with Gasteiger partial charge in [0, 0.05) is 0 Å². The van der Waals surface area contributed by atoms with Crippen molar-refractivity contribution < 1.29 is 39.2 Å². The Kier molecular flexibility index (Phi) is 5.98. The zero-order valence-electron chi connectivity index (χ0n) is 14.6. The van der Waals surface area contributed by atoms with Crippen LogP contribution < -0.4 is 4.35 Å². The van der Waals surface area contributed by atoms with Gasteiger partial charge in [0.1, 0.15) is 0 Å². The topological polar surface area (TPSA) is 194 Å². The normalized spacial score (nSPS) is 12.8. The van der Waals surface area contributed by atoms with Crippen molar-refractivity contribution in [1.82, 2.24) is 0 Å². The van der Waals surface area contributed by atoms with E-state index in [1.807, 2.05) is 0 Å². The number of azo groups is 1. The van der Waals surface area contributed by atoms with E-state index < -0.39 is 56.8 Å². The quantitative estimate of drug-likeness (QED) is 0.188. The SMILES string of the molecule is O=S(=O)(O)c1ccc2c(N=Nc3ccccc3[As](O)O)c(O)c(S(=O)(=O)O)cc2c1. The molecule has 0 aliphatic heterocycles. The van der Waals surface area contributed by atoms with Gasteiger partial charge in [-0.25, -0.2) is 0 Å². The van der Waals surface area contributed by atoms with Gasteiger partial charge in [0.05, 0.1) is 0 Å². The summed E-state index contributed by atoms with van der Waals surface area (Å²) in [5.74, 6) is -0.951. The van der Waals surface area contributed by atoms with E-state index in [1.165, 1.54) is 12.1 Å². The molecule has 0 aliphatic carbocycles. The van der Waals surface area contributed by atoms with Crippen LogP contribution in [0.25, 0.3) is 10.8 Å². The second-order valence-corrected chi connectivity index (χ2v) is 10.9. The Hall–Kier alpha value is -2.38. The summed E-state index contributed by atoms with van der Waals surface area (Å²) < 4.78 is 83.9. The Bertz CT molecular complexity index is 1390. The number of benzene rings is 3. The fourth-order valence-electron chi connectivity index (χ4n) is 2.61. The molecule has 0 aliphatic rings. The van der Waals surface area contributed by atoms with E-state index in [0.717, 1.165) is 24.3 Å². The molecule has 158 valence electrons. The number of fused-ring (bicyclic) bond motifs is 1. The Morgan fingerprint density at radius 3 is 2.10 bits per heavy atom. The molecule has 14 heteroatoms. The molecule has 3 aromatic carbocycles. The van der Waals surface area contributed by atoms with Crippen molar-refractivity contribution in [2.75, 3.05) is 0 Å². The van der Waals surface area contributed by atoms with Gasteiger partial charge in [0.25, 0.3) is 0 Å². The third-order valence-electron chi connectivity index (χ3n) is 3.95. The Labute approximate surface area is 175 Å². The summed E-state index contributed by atoms with van der Waals surface area (Å²) in [7, 11) is -9.55. The summed E-state index contributed by atoms with van der Waals surface area (Å²) in [6.07, 6.45) is 0. The maximum atomic E-state index is 11.6. The van der Waals surface area contributed by atoms with Gasteiger partial charge in [-0.05, 0) is 0 Å². The van der Waals surface area contributed by atoms with Crippen LogP contribution in [0.2, 0.25) is 0 Å². The summed E-state index contributed by atoms with van der Waals surface area (Å²) in [6, 6.07) is 9.81. The zero-order chi connectivity index (χ0) is 22.3. The third-order valence-corrected chi connectivity index (χ3v) is 7.37. The molecule has 0 heterocycles. The Morgan fingerprint density at radius 1 is 0.833 bits per heavy atom. The summed E-state index contributed by atoms with van der Waals surface area (Å²) >= 11 is -3.33. The van der Waals surface area contributed by atoms with Gasteiger partial charge < -0.3 is 0 Å². The van der Waals surface area contributed by atoms with E-state index in [9.17, 15) is 39.2 Å². The molecule has 5 N–H and O–H groups in total. The van der Waals surface area contributed by atoms with Crippen LogP contribution in [0.15, 0.2) is 68.6 Å². The minimum absolute atomic E-state index is 0.0518. The first-order valence-corrected chi connectivity index (χ1v) is 13.3. The average molecular weight is 516 g/mol. The molecular weight excluding hydrogens is 503 g/mol. The summed E-state index contributed by atoms with van der Waals surface area (Å²) in [4.78, 5) is -1.51. The first-order valence-electron chi connectivity index (χ1n) is 7.83. The standard InChI is InChI=1S/C16H13AsN2O9S2/c20-16-14(30(26,27)28)8-9-7-10(29(23,24)25)5-6-11(9)15(16)19-18-13-4-2-1-3-12(13)17(21)22/h1-8,20-22H,(H,23,24,25)(H,26,27,28). The van der Waals surface area contributed by atoms with E-state index in [4.69, 9.17) is 0 Å². The second-order valence-electron chi connectivity index (χ2n) is 5.88. The maximum absolute atomic E-state index is 11.6. The van der Waals surface area contributed by atoms with Crippen molar-refractivity contribution >= 4 is 62.1 Å². The second kappa shape index (κ2) is 8.04. The van der Waals surface area contributed by atoms with E-state index >= 15 is 0 Å². The molecule has 3 aromatic rings. The van der Waals surface area contributed by atoms with Crippen LogP contribution in [0.1, 0.15) is 0 Å². The molecule has 0 saturated heterocycles. The Balaban J connectivity index is 2.31. The van der Waals surface area contributed by atoms with Gasteiger partial charge in [-0.2, -0.15) is 0 Å². The molecule has 30 heavy (non-hydrogen) atoms. The molecule has 11 nitrogen and oxygen atoms in total. The molecule has 0 radical (unpaired) electrons. The third kappa shape index (κ3) is 4.52. The summed E-state index contributed by atoms with van der Waals surface area (Å²) in [6.45, 7) is 0. The van der Waals surface area contributed by atoms with Gasteiger partial charge in [-0.15, -0.1) is 0 Å². The number of aromatic hydroxyl groups is 1. The average Bonchev–Trinajstić information content (AvgIpc) is 2.65. The van der Waals surface area contributed by atoms with Crippen molar-refractivity contribution in [1.29, 1.82) is 0 Å². The van der Waals surface area contributed by atoms with Crippen LogP contribution >= 0.6 is 0 Å². The first kappa shape index (κ1) is 22.3. The van der Waals surface area contributed by atoms with Gasteiger partial charge in [-0.3, -0.25) is 0 Å². The first-order chi connectivity index (χ1) is 13.9. The minimum atomic E-state index is -4.94. The molecule has 0 spiro atoms. The predicted molar refractivity (Wildman–Crippen MR) is 106 cm³/mol. The van der Waals surface area contributed by atoms with Crippen LogP contribution in [0, 0.1) is 0 Å². The zero-order valence-corrected chi connectivity index (χ0v) is 18.2. The van der Waals surface area contributed by atoms with Crippen LogP contribution in [0.5, 0.6) is 5.75 Å². The van der Waals surface area contributed by atoms with Crippen molar-refractivity contribution in [3.05, 3.63) is 48.5 Å². The van der Waals surface area contributed by atoms with Crippen molar-refractivity contribution in [2.45, 2.75) is 9.79 Å². The van der Waals surface area contributed by atoms with Gasteiger partial charge in [-0.1, -0.05) is 0 Å². The van der Waals surface area contributed by atoms with Gasteiger partial charge in [0.2, 0.25) is 0 Å². The van der Waals surface area contributed by atoms with E-state index in [2.05, 4.69) is 10.2 Å². The van der Waals surface area contributed by atoms with E-state index in [-0.39, 0.29) is 20.8 Å². The van der Waals surface area contributed by atoms with Crippen molar-refractivity contribution in [3.8, 4) is 5.75 Å². The molecule has 3 rings (SSSR count). The van der Waals surface area contributed by atoms with E-state index in [0.29, 0.717) is 0 Å². The summed E-state index contributed by atoms with van der Waals surface area (Å²) in [5, 5.41) is 18.0. The number of nitrogens with zero attached hydrogens (tertiary/aromatic N) is 2. The summed E-state index contributed by atoms with van der Waals surface area (Å²) in [5.41, 5.74) is -0.367. The van der Waals surface area contributed by atoms with Crippen LogP contribution in [0.4, 0.5) is 11.4 Å². The predicted octanol–water partition coefficient (Wildman–Crippen LogP) is 1.13. The van der Waals surface area contributed by atoms with Crippen LogP contribution in [-0.4, -0.2) is 54.6 Å². The molecule has 0 unspecified atom stereocenters. The molecule has 0 atom stereocenters. The number of rotatable bonds is 5. The fourth-order valence-corrected chi connectivity index (χ4v) is 4.88. The molecule has 0 saturated carbocycles. The molecular formula is C16H13AsN2O9S2. The number of phenolic OH excluding ortho intramolecular Hbond substituents is 1. The molecule has 0 amide bonds. The van der Waals surface area contributed by atoms with Crippen molar-refractivity contribution in [2.24, 2.45) is 10.2 Å². The number of hydrogen-bond acceptors (Lipinski definition) is 9. The molecule has 0 aromatic heterocycles. The van der Waals surface area contributed by atoms with Crippen molar-refractivity contribution in [3.63, 3.8) is 0 Å². The molecule has 0 bridgehead atoms. The number of hydrogen-bond donors (Lipinski definition) is 5. The Morgan fingerprint density at radius 2 is 1.50 bits per heavy atom.